The Kier molecular flexibility index (Phi) is 4.27. The second-order valence-corrected chi connectivity index (χ2v) is 5.53. The van der Waals surface area contributed by atoms with Gasteiger partial charge in [0.15, 0.2) is 0 Å². The summed E-state index contributed by atoms with van der Waals surface area (Å²) in [6, 6.07) is 1.83. The molecule has 24 heavy (non-hydrogen) atoms. The fourth-order valence-electron chi connectivity index (χ4n) is 2.67. The van der Waals surface area contributed by atoms with E-state index in [1.165, 1.54) is 0 Å². The maximum absolute atomic E-state index is 12.7. The van der Waals surface area contributed by atoms with Crippen molar-refractivity contribution in [3.05, 3.63) is 51.5 Å². The van der Waals surface area contributed by atoms with Gasteiger partial charge in [0.1, 0.15) is 5.75 Å². The predicted molar refractivity (Wildman–Crippen MR) is 78.5 cm³/mol. The standard InChI is InChI=1S/C15H15F3N4O2/c1-24-10-4-9(5-19-6-10)7-22-3-2-12-11(8-22)13(23)21-14(20-12)15(16,17)18/h4-6H,2-3,7-8H2,1H3,(H,20,21,23). The van der Waals surface area contributed by atoms with Gasteiger partial charge in [-0.1, -0.05) is 0 Å². The van der Waals surface area contributed by atoms with Gasteiger partial charge >= 0.3 is 6.18 Å². The van der Waals surface area contributed by atoms with Crippen molar-refractivity contribution in [2.75, 3.05) is 13.7 Å². The van der Waals surface area contributed by atoms with Crippen molar-refractivity contribution < 1.29 is 17.9 Å². The van der Waals surface area contributed by atoms with Gasteiger partial charge in [-0.25, -0.2) is 4.98 Å². The highest BCUT2D eigenvalue weighted by atomic mass is 19.4. The van der Waals surface area contributed by atoms with E-state index in [4.69, 9.17) is 4.74 Å². The number of alkyl halides is 3. The first-order chi connectivity index (χ1) is 11.4. The van der Waals surface area contributed by atoms with Gasteiger partial charge in [0, 0.05) is 32.3 Å². The van der Waals surface area contributed by atoms with Gasteiger partial charge in [0.05, 0.1) is 24.6 Å². The van der Waals surface area contributed by atoms with Crippen LogP contribution in [0.3, 0.4) is 0 Å². The van der Waals surface area contributed by atoms with E-state index in [1.54, 1.807) is 19.5 Å². The second kappa shape index (κ2) is 6.23. The van der Waals surface area contributed by atoms with Crippen molar-refractivity contribution in [2.45, 2.75) is 25.7 Å². The molecule has 2 aromatic rings. The van der Waals surface area contributed by atoms with Gasteiger partial charge in [-0.15, -0.1) is 0 Å². The van der Waals surface area contributed by atoms with Crippen LogP contribution >= 0.6 is 0 Å². The number of hydrogen-bond donors (Lipinski definition) is 1. The third kappa shape index (κ3) is 3.40. The van der Waals surface area contributed by atoms with Gasteiger partial charge in [-0.3, -0.25) is 14.7 Å². The third-order valence-corrected chi connectivity index (χ3v) is 3.83. The van der Waals surface area contributed by atoms with Crippen LogP contribution in [0.25, 0.3) is 0 Å². The van der Waals surface area contributed by atoms with Crippen LogP contribution in [0.4, 0.5) is 13.2 Å². The first-order valence-corrected chi connectivity index (χ1v) is 7.26. The summed E-state index contributed by atoms with van der Waals surface area (Å²) in [5.74, 6) is -0.615. The zero-order chi connectivity index (χ0) is 17.3. The number of nitrogens with one attached hydrogen (secondary N) is 1. The molecule has 1 aliphatic rings. The van der Waals surface area contributed by atoms with Crippen molar-refractivity contribution in [3.63, 3.8) is 0 Å². The SMILES string of the molecule is COc1cncc(CN2CCc3nc(C(F)(F)F)[nH]c(=O)c3C2)c1. The minimum absolute atomic E-state index is 0.214. The molecule has 2 aromatic heterocycles. The number of methoxy groups -OCH3 is 1. The van der Waals surface area contributed by atoms with E-state index < -0.39 is 17.6 Å². The number of aromatic amines is 1. The molecule has 6 nitrogen and oxygen atoms in total. The van der Waals surface area contributed by atoms with Crippen molar-refractivity contribution >= 4 is 0 Å². The number of halogens is 3. The minimum atomic E-state index is -4.66. The monoisotopic (exact) mass is 340 g/mol. The Labute approximate surface area is 135 Å². The first-order valence-electron chi connectivity index (χ1n) is 7.26. The van der Waals surface area contributed by atoms with E-state index in [0.717, 1.165) is 5.56 Å². The molecule has 0 unspecified atom stereocenters. The maximum atomic E-state index is 12.7. The molecule has 0 aromatic carbocycles. The number of hydrogen-bond acceptors (Lipinski definition) is 5. The maximum Gasteiger partial charge on any atom is 0.449 e. The Bertz CT molecular complexity index is 804. The highest BCUT2D eigenvalue weighted by molar-refractivity contribution is 5.25. The molecule has 0 saturated heterocycles. The molecule has 3 heterocycles. The number of ether oxygens (including phenoxy) is 1. The predicted octanol–water partition coefficient (Wildman–Crippen LogP) is 1.75. The largest absolute Gasteiger partial charge is 0.495 e. The summed E-state index contributed by atoms with van der Waals surface area (Å²) in [5.41, 5.74) is 0.658. The van der Waals surface area contributed by atoms with Crippen molar-refractivity contribution in [2.24, 2.45) is 0 Å². The molecule has 1 aliphatic heterocycles. The highest BCUT2D eigenvalue weighted by Gasteiger charge is 2.35. The lowest BCUT2D eigenvalue weighted by Gasteiger charge is -2.27. The van der Waals surface area contributed by atoms with E-state index in [2.05, 4.69) is 9.97 Å². The smallest absolute Gasteiger partial charge is 0.449 e. The fourth-order valence-corrected chi connectivity index (χ4v) is 2.67. The van der Waals surface area contributed by atoms with Crippen LogP contribution in [0.1, 0.15) is 22.6 Å². The van der Waals surface area contributed by atoms with Crippen LogP contribution < -0.4 is 10.3 Å². The molecule has 0 amide bonds. The lowest BCUT2D eigenvalue weighted by atomic mass is 10.1. The number of fused-ring (bicyclic) bond motifs is 1. The normalized spacial score (nSPS) is 15.2. The number of H-pyrrole nitrogens is 1. The average molecular weight is 340 g/mol. The molecule has 9 heteroatoms. The van der Waals surface area contributed by atoms with Crippen LogP contribution in [0.2, 0.25) is 0 Å². The van der Waals surface area contributed by atoms with Crippen LogP contribution in [0.5, 0.6) is 5.75 Å². The van der Waals surface area contributed by atoms with Gasteiger partial charge < -0.3 is 9.72 Å². The van der Waals surface area contributed by atoms with Gasteiger partial charge in [-0.05, 0) is 11.6 Å². The van der Waals surface area contributed by atoms with Crippen LogP contribution in [0, 0.1) is 0 Å². The number of rotatable bonds is 3. The quantitative estimate of drug-likeness (QED) is 0.922. The van der Waals surface area contributed by atoms with Crippen molar-refractivity contribution in [3.8, 4) is 5.75 Å². The molecular weight excluding hydrogens is 325 g/mol. The van der Waals surface area contributed by atoms with Gasteiger partial charge in [-0.2, -0.15) is 13.2 Å². The summed E-state index contributed by atoms with van der Waals surface area (Å²) in [6.07, 6.45) is -1.09. The van der Waals surface area contributed by atoms with E-state index in [9.17, 15) is 18.0 Å². The molecule has 1 N–H and O–H groups in total. The van der Waals surface area contributed by atoms with Gasteiger partial charge in [0.2, 0.25) is 5.82 Å². The lowest BCUT2D eigenvalue weighted by Crippen LogP contribution is -2.36. The molecule has 128 valence electrons. The average Bonchev–Trinajstić information content (AvgIpc) is 2.54. The minimum Gasteiger partial charge on any atom is -0.495 e. The Morgan fingerprint density at radius 2 is 2.17 bits per heavy atom. The Balaban J connectivity index is 1.80. The van der Waals surface area contributed by atoms with E-state index >= 15 is 0 Å². The summed E-state index contributed by atoms with van der Waals surface area (Å²) >= 11 is 0. The summed E-state index contributed by atoms with van der Waals surface area (Å²) in [5, 5.41) is 0. The highest BCUT2D eigenvalue weighted by Crippen LogP contribution is 2.26. The van der Waals surface area contributed by atoms with Crippen LogP contribution in [-0.2, 0) is 25.7 Å². The fraction of sp³-hybridized carbons (Fsp3) is 0.400. The number of pyridine rings is 1. The molecule has 3 rings (SSSR count). The van der Waals surface area contributed by atoms with Crippen LogP contribution in [0.15, 0.2) is 23.3 Å². The molecular formula is C15H15F3N4O2. The lowest BCUT2D eigenvalue weighted by molar-refractivity contribution is -0.145. The molecule has 0 aliphatic carbocycles. The molecule has 0 bridgehead atoms. The summed E-state index contributed by atoms with van der Waals surface area (Å²) in [6.45, 7) is 1.27. The Morgan fingerprint density at radius 1 is 1.38 bits per heavy atom. The third-order valence-electron chi connectivity index (χ3n) is 3.83. The summed E-state index contributed by atoms with van der Waals surface area (Å²) < 4.78 is 43.2. The molecule has 0 radical (unpaired) electrons. The van der Waals surface area contributed by atoms with Crippen molar-refractivity contribution in [1.82, 2.24) is 19.9 Å². The summed E-state index contributed by atoms with van der Waals surface area (Å²) in [4.78, 5) is 23.4. The zero-order valence-electron chi connectivity index (χ0n) is 12.9. The molecule has 0 spiro atoms. The Morgan fingerprint density at radius 3 is 2.88 bits per heavy atom. The van der Waals surface area contributed by atoms with Crippen molar-refractivity contribution in [1.29, 1.82) is 0 Å². The number of nitrogens with zero attached hydrogens (tertiary/aromatic N) is 3. The van der Waals surface area contributed by atoms with E-state index in [-0.39, 0.29) is 17.8 Å². The molecule has 0 saturated carbocycles. The topological polar surface area (TPSA) is 71.1 Å². The van der Waals surface area contributed by atoms with E-state index in [1.807, 2.05) is 16.0 Å². The number of aromatic nitrogens is 3. The van der Waals surface area contributed by atoms with Gasteiger partial charge in [0.25, 0.3) is 5.56 Å². The zero-order valence-corrected chi connectivity index (χ0v) is 12.9. The first kappa shape index (κ1) is 16.4. The summed E-state index contributed by atoms with van der Waals surface area (Å²) in [7, 11) is 1.54. The molecule has 0 fully saturated rings. The van der Waals surface area contributed by atoms with Crippen LogP contribution in [-0.4, -0.2) is 33.5 Å². The van der Waals surface area contributed by atoms with E-state index in [0.29, 0.717) is 25.3 Å². The second-order valence-electron chi connectivity index (χ2n) is 5.53. The Hall–Kier alpha value is -2.42. The molecule has 0 atom stereocenters.